The van der Waals surface area contributed by atoms with Crippen LogP contribution < -0.4 is 5.32 Å². The molecular formula is C12H8Cl2N2S. The number of thiophene rings is 1. The van der Waals surface area contributed by atoms with Gasteiger partial charge >= 0.3 is 0 Å². The van der Waals surface area contributed by atoms with E-state index < -0.39 is 0 Å². The van der Waals surface area contributed by atoms with Gasteiger partial charge in [-0.3, -0.25) is 0 Å². The van der Waals surface area contributed by atoms with E-state index in [0.29, 0.717) is 17.1 Å². The standard InChI is InChI=1S/C12H8Cl2N2S/c13-11-3-1-9(5-8(11)6-15)16-7-10-2-4-12(14)17-10/h1-5,16H,7H2. The normalized spacial score (nSPS) is 9.94. The zero-order valence-electron chi connectivity index (χ0n) is 8.71. The quantitative estimate of drug-likeness (QED) is 0.897. The fourth-order valence-corrected chi connectivity index (χ4v) is 2.54. The Balaban J connectivity index is 2.07. The van der Waals surface area contributed by atoms with Crippen molar-refractivity contribution in [3.63, 3.8) is 0 Å². The van der Waals surface area contributed by atoms with Crippen molar-refractivity contribution in [3.05, 3.63) is 50.1 Å². The van der Waals surface area contributed by atoms with Crippen molar-refractivity contribution >= 4 is 40.2 Å². The molecular weight excluding hydrogens is 275 g/mol. The van der Waals surface area contributed by atoms with Crippen LogP contribution in [0.5, 0.6) is 0 Å². The Kier molecular flexibility index (Phi) is 3.90. The first-order chi connectivity index (χ1) is 8.19. The van der Waals surface area contributed by atoms with E-state index in [1.54, 1.807) is 12.1 Å². The summed E-state index contributed by atoms with van der Waals surface area (Å²) in [5, 5.41) is 12.5. The molecule has 17 heavy (non-hydrogen) atoms. The molecule has 0 spiro atoms. The van der Waals surface area contributed by atoms with Crippen LogP contribution in [0.15, 0.2) is 30.3 Å². The maximum absolute atomic E-state index is 8.85. The molecule has 1 aromatic heterocycles. The molecule has 2 rings (SSSR count). The maximum atomic E-state index is 8.85. The summed E-state index contributed by atoms with van der Waals surface area (Å²) in [7, 11) is 0. The lowest BCUT2D eigenvalue weighted by Crippen LogP contribution is -1.97. The number of anilines is 1. The molecule has 1 heterocycles. The van der Waals surface area contributed by atoms with Gasteiger partial charge in [-0.25, -0.2) is 0 Å². The molecule has 0 aliphatic carbocycles. The number of hydrogen-bond donors (Lipinski definition) is 1. The molecule has 0 saturated heterocycles. The fourth-order valence-electron chi connectivity index (χ4n) is 1.36. The molecule has 5 heteroatoms. The Hall–Kier alpha value is -1.21. The van der Waals surface area contributed by atoms with Gasteiger partial charge in [0.2, 0.25) is 0 Å². The highest BCUT2D eigenvalue weighted by atomic mass is 35.5. The number of rotatable bonds is 3. The monoisotopic (exact) mass is 282 g/mol. The first kappa shape index (κ1) is 12.3. The zero-order valence-corrected chi connectivity index (χ0v) is 11.0. The smallest absolute Gasteiger partial charge is 0.101 e. The van der Waals surface area contributed by atoms with Crippen LogP contribution in [0, 0.1) is 11.3 Å². The lowest BCUT2D eigenvalue weighted by molar-refractivity contribution is 1.19. The second-order valence-electron chi connectivity index (χ2n) is 3.37. The molecule has 0 bridgehead atoms. The molecule has 1 N–H and O–H groups in total. The molecule has 2 nitrogen and oxygen atoms in total. The average molecular weight is 283 g/mol. The Morgan fingerprint density at radius 2 is 2.06 bits per heavy atom. The summed E-state index contributed by atoms with van der Waals surface area (Å²) in [4.78, 5) is 1.14. The molecule has 0 atom stereocenters. The predicted molar refractivity (Wildman–Crippen MR) is 72.8 cm³/mol. The minimum atomic E-state index is 0.470. The van der Waals surface area contributed by atoms with Gasteiger partial charge in [0.25, 0.3) is 0 Å². The van der Waals surface area contributed by atoms with Gasteiger partial charge in [-0.2, -0.15) is 5.26 Å². The van der Waals surface area contributed by atoms with Gasteiger partial charge in [-0.1, -0.05) is 23.2 Å². The Labute approximate surface area is 113 Å². The lowest BCUT2D eigenvalue weighted by atomic mass is 10.2. The van der Waals surface area contributed by atoms with Gasteiger partial charge in [0.15, 0.2) is 0 Å². The van der Waals surface area contributed by atoms with Gasteiger partial charge < -0.3 is 5.32 Å². The van der Waals surface area contributed by atoms with E-state index in [-0.39, 0.29) is 0 Å². The largest absolute Gasteiger partial charge is 0.380 e. The molecule has 0 aliphatic heterocycles. The van der Waals surface area contributed by atoms with Crippen molar-refractivity contribution in [1.29, 1.82) is 5.26 Å². The highest BCUT2D eigenvalue weighted by Gasteiger charge is 2.02. The van der Waals surface area contributed by atoms with Crippen molar-refractivity contribution < 1.29 is 0 Å². The van der Waals surface area contributed by atoms with Crippen LogP contribution in [0.2, 0.25) is 9.36 Å². The summed E-state index contributed by atoms with van der Waals surface area (Å²) in [6.45, 7) is 0.684. The Bertz CT molecular complexity index is 572. The number of benzene rings is 1. The first-order valence-corrected chi connectivity index (χ1v) is 6.44. The van der Waals surface area contributed by atoms with Crippen LogP contribution in [0.3, 0.4) is 0 Å². The van der Waals surface area contributed by atoms with Crippen molar-refractivity contribution in [2.24, 2.45) is 0 Å². The summed E-state index contributed by atoms with van der Waals surface area (Å²) < 4.78 is 0.774. The number of nitrogens with zero attached hydrogens (tertiary/aromatic N) is 1. The highest BCUT2D eigenvalue weighted by Crippen LogP contribution is 2.23. The molecule has 1 aromatic carbocycles. The number of halogens is 2. The number of nitriles is 1. The van der Waals surface area contributed by atoms with E-state index in [1.165, 1.54) is 11.3 Å². The summed E-state index contributed by atoms with van der Waals surface area (Å²) in [5.41, 5.74) is 1.34. The minimum Gasteiger partial charge on any atom is -0.380 e. The summed E-state index contributed by atoms with van der Waals surface area (Å²) in [5.74, 6) is 0. The van der Waals surface area contributed by atoms with E-state index in [4.69, 9.17) is 28.5 Å². The first-order valence-electron chi connectivity index (χ1n) is 4.87. The number of nitrogens with one attached hydrogen (secondary N) is 1. The van der Waals surface area contributed by atoms with Crippen LogP contribution in [0.4, 0.5) is 5.69 Å². The van der Waals surface area contributed by atoms with E-state index in [9.17, 15) is 0 Å². The molecule has 0 unspecified atom stereocenters. The lowest BCUT2D eigenvalue weighted by Gasteiger charge is -2.05. The van der Waals surface area contributed by atoms with Gasteiger partial charge in [0.05, 0.1) is 14.9 Å². The molecule has 0 amide bonds. The fraction of sp³-hybridized carbons (Fsp3) is 0.0833. The van der Waals surface area contributed by atoms with Crippen molar-refractivity contribution in [3.8, 4) is 6.07 Å². The third kappa shape index (κ3) is 3.13. The van der Waals surface area contributed by atoms with Crippen LogP contribution in [-0.2, 0) is 6.54 Å². The average Bonchev–Trinajstić information content (AvgIpc) is 2.74. The van der Waals surface area contributed by atoms with Crippen molar-refractivity contribution in [2.45, 2.75) is 6.54 Å². The van der Waals surface area contributed by atoms with Gasteiger partial charge in [-0.15, -0.1) is 11.3 Å². The summed E-state index contributed by atoms with van der Waals surface area (Å²) >= 11 is 13.2. The van der Waals surface area contributed by atoms with Crippen LogP contribution in [0.25, 0.3) is 0 Å². The van der Waals surface area contributed by atoms with E-state index >= 15 is 0 Å². The summed E-state index contributed by atoms with van der Waals surface area (Å²) in [6, 6.07) is 11.2. The highest BCUT2D eigenvalue weighted by molar-refractivity contribution is 7.16. The van der Waals surface area contributed by atoms with Crippen molar-refractivity contribution in [1.82, 2.24) is 0 Å². The Morgan fingerprint density at radius 3 is 2.71 bits per heavy atom. The molecule has 2 aromatic rings. The number of hydrogen-bond acceptors (Lipinski definition) is 3. The second-order valence-corrected chi connectivity index (χ2v) is 5.57. The van der Waals surface area contributed by atoms with Crippen LogP contribution in [0.1, 0.15) is 10.4 Å². The van der Waals surface area contributed by atoms with Crippen molar-refractivity contribution in [2.75, 3.05) is 5.32 Å². The van der Waals surface area contributed by atoms with E-state index in [0.717, 1.165) is 14.9 Å². The molecule has 0 fully saturated rings. The van der Waals surface area contributed by atoms with Gasteiger partial charge in [0.1, 0.15) is 6.07 Å². The van der Waals surface area contributed by atoms with Gasteiger partial charge in [0, 0.05) is 17.1 Å². The minimum absolute atomic E-state index is 0.470. The van der Waals surface area contributed by atoms with Crippen LogP contribution >= 0.6 is 34.5 Å². The Morgan fingerprint density at radius 1 is 1.24 bits per heavy atom. The third-order valence-electron chi connectivity index (χ3n) is 2.18. The topological polar surface area (TPSA) is 35.8 Å². The third-order valence-corrected chi connectivity index (χ3v) is 3.74. The van der Waals surface area contributed by atoms with Gasteiger partial charge in [-0.05, 0) is 30.3 Å². The zero-order chi connectivity index (χ0) is 12.3. The molecule has 0 radical (unpaired) electrons. The second kappa shape index (κ2) is 5.42. The predicted octanol–water partition coefficient (Wildman–Crippen LogP) is 4.54. The SMILES string of the molecule is N#Cc1cc(NCc2ccc(Cl)s2)ccc1Cl. The molecule has 86 valence electrons. The van der Waals surface area contributed by atoms with E-state index in [2.05, 4.69) is 5.32 Å². The summed E-state index contributed by atoms with van der Waals surface area (Å²) in [6.07, 6.45) is 0. The molecule has 0 aliphatic rings. The maximum Gasteiger partial charge on any atom is 0.101 e. The molecule has 0 saturated carbocycles. The van der Waals surface area contributed by atoms with E-state index in [1.807, 2.05) is 24.3 Å². The van der Waals surface area contributed by atoms with Crippen LogP contribution in [-0.4, -0.2) is 0 Å².